The number of para-hydroxylation sites is 1. The summed E-state index contributed by atoms with van der Waals surface area (Å²) in [4.78, 5) is 14.6. The standard InChI is InChI=1S/C22H29FN2O/c1-6-25(18-10-7-9-17(23)13-18)14-21(26)24-22-19(15(2)3)11-8-12-20(22)16(4)5/h7-13,15-16H,6,14H2,1-5H3,(H,24,26). The van der Waals surface area contributed by atoms with Gasteiger partial charge < -0.3 is 10.2 Å². The summed E-state index contributed by atoms with van der Waals surface area (Å²) in [7, 11) is 0. The van der Waals surface area contributed by atoms with E-state index in [2.05, 4.69) is 45.1 Å². The molecule has 0 aliphatic carbocycles. The molecular weight excluding hydrogens is 327 g/mol. The number of anilines is 2. The van der Waals surface area contributed by atoms with Gasteiger partial charge in [0, 0.05) is 17.9 Å². The van der Waals surface area contributed by atoms with E-state index in [4.69, 9.17) is 0 Å². The van der Waals surface area contributed by atoms with Crippen molar-refractivity contribution in [2.45, 2.75) is 46.5 Å². The third-order valence-corrected chi connectivity index (χ3v) is 4.53. The number of amides is 1. The number of benzene rings is 2. The van der Waals surface area contributed by atoms with Crippen LogP contribution in [0.25, 0.3) is 0 Å². The van der Waals surface area contributed by atoms with Gasteiger partial charge in [-0.2, -0.15) is 0 Å². The SMILES string of the molecule is CCN(CC(=O)Nc1c(C(C)C)cccc1C(C)C)c1cccc(F)c1. The second-order valence-electron chi connectivity index (χ2n) is 7.16. The summed E-state index contributed by atoms with van der Waals surface area (Å²) in [6, 6.07) is 12.5. The van der Waals surface area contributed by atoms with Gasteiger partial charge in [-0.1, -0.05) is 52.0 Å². The Labute approximate surface area is 156 Å². The third-order valence-electron chi connectivity index (χ3n) is 4.53. The normalized spacial score (nSPS) is 11.1. The highest BCUT2D eigenvalue weighted by Crippen LogP contribution is 2.32. The van der Waals surface area contributed by atoms with Crippen molar-refractivity contribution < 1.29 is 9.18 Å². The first kappa shape index (κ1) is 20.0. The number of carbonyl (C=O) groups is 1. The maximum atomic E-state index is 13.5. The van der Waals surface area contributed by atoms with E-state index in [9.17, 15) is 9.18 Å². The highest BCUT2D eigenvalue weighted by atomic mass is 19.1. The highest BCUT2D eigenvalue weighted by Gasteiger charge is 2.17. The zero-order valence-electron chi connectivity index (χ0n) is 16.3. The van der Waals surface area contributed by atoms with Gasteiger partial charge in [-0.15, -0.1) is 0 Å². The number of halogens is 1. The van der Waals surface area contributed by atoms with Gasteiger partial charge >= 0.3 is 0 Å². The molecule has 1 N–H and O–H groups in total. The van der Waals surface area contributed by atoms with Gasteiger partial charge in [0.2, 0.25) is 5.91 Å². The molecule has 1 amide bonds. The molecule has 3 nitrogen and oxygen atoms in total. The second-order valence-corrected chi connectivity index (χ2v) is 7.16. The van der Waals surface area contributed by atoms with Crippen molar-refractivity contribution in [3.05, 3.63) is 59.4 Å². The molecule has 0 saturated heterocycles. The molecule has 26 heavy (non-hydrogen) atoms. The van der Waals surface area contributed by atoms with Crippen LogP contribution in [0.3, 0.4) is 0 Å². The predicted octanol–water partition coefficient (Wildman–Crippen LogP) is 5.54. The average molecular weight is 356 g/mol. The van der Waals surface area contributed by atoms with E-state index in [-0.39, 0.29) is 18.3 Å². The average Bonchev–Trinajstić information content (AvgIpc) is 2.59. The number of nitrogens with one attached hydrogen (secondary N) is 1. The number of carbonyl (C=O) groups excluding carboxylic acids is 1. The fraction of sp³-hybridized carbons (Fsp3) is 0.409. The molecule has 0 heterocycles. The van der Waals surface area contributed by atoms with E-state index in [0.29, 0.717) is 24.1 Å². The molecule has 2 aromatic carbocycles. The lowest BCUT2D eigenvalue weighted by Gasteiger charge is -2.24. The minimum absolute atomic E-state index is 0.0916. The summed E-state index contributed by atoms with van der Waals surface area (Å²) in [6.45, 7) is 11.3. The number of likely N-dealkylation sites (N-methyl/N-ethyl adjacent to an activating group) is 1. The van der Waals surface area contributed by atoms with Crippen LogP contribution in [0, 0.1) is 5.82 Å². The topological polar surface area (TPSA) is 32.3 Å². The second kappa shape index (κ2) is 8.84. The largest absolute Gasteiger partial charge is 0.362 e. The first-order chi connectivity index (χ1) is 12.3. The van der Waals surface area contributed by atoms with E-state index in [1.165, 1.54) is 12.1 Å². The van der Waals surface area contributed by atoms with E-state index in [1.54, 1.807) is 6.07 Å². The summed E-state index contributed by atoms with van der Waals surface area (Å²) in [5.41, 5.74) is 3.90. The molecule has 0 bridgehead atoms. The van der Waals surface area contributed by atoms with Gasteiger partial charge in [0.25, 0.3) is 0 Å². The zero-order chi connectivity index (χ0) is 19.3. The van der Waals surface area contributed by atoms with Crippen LogP contribution in [0.4, 0.5) is 15.8 Å². The van der Waals surface area contributed by atoms with Crippen LogP contribution in [0.1, 0.15) is 57.6 Å². The van der Waals surface area contributed by atoms with Crippen molar-refractivity contribution in [2.24, 2.45) is 0 Å². The van der Waals surface area contributed by atoms with Gasteiger partial charge in [-0.05, 0) is 48.1 Å². The Bertz CT molecular complexity index is 729. The lowest BCUT2D eigenvalue weighted by atomic mass is 9.92. The van der Waals surface area contributed by atoms with Gasteiger partial charge in [0.1, 0.15) is 5.82 Å². The van der Waals surface area contributed by atoms with Gasteiger partial charge in [-0.3, -0.25) is 4.79 Å². The van der Waals surface area contributed by atoms with Crippen LogP contribution in [0.5, 0.6) is 0 Å². The minimum atomic E-state index is -0.298. The summed E-state index contributed by atoms with van der Waals surface area (Å²) in [5.74, 6) is 0.240. The summed E-state index contributed by atoms with van der Waals surface area (Å²) in [6.07, 6.45) is 0. The molecule has 0 unspecified atom stereocenters. The molecular formula is C22H29FN2O. The summed E-state index contributed by atoms with van der Waals surface area (Å²) in [5, 5.41) is 3.12. The van der Waals surface area contributed by atoms with Crippen molar-refractivity contribution in [3.63, 3.8) is 0 Å². The van der Waals surface area contributed by atoms with E-state index in [1.807, 2.05) is 24.0 Å². The molecule has 140 valence electrons. The van der Waals surface area contributed by atoms with Crippen molar-refractivity contribution in [2.75, 3.05) is 23.3 Å². The molecule has 0 aliphatic heterocycles. The van der Waals surface area contributed by atoms with Crippen LogP contribution < -0.4 is 10.2 Å². The molecule has 0 fully saturated rings. The molecule has 0 spiro atoms. The zero-order valence-corrected chi connectivity index (χ0v) is 16.3. The molecule has 0 aliphatic rings. The maximum Gasteiger partial charge on any atom is 0.243 e. The monoisotopic (exact) mass is 356 g/mol. The van der Waals surface area contributed by atoms with Crippen LogP contribution in [0.15, 0.2) is 42.5 Å². The number of nitrogens with zero attached hydrogens (tertiary/aromatic N) is 1. The Balaban J connectivity index is 2.24. The molecule has 0 radical (unpaired) electrons. The van der Waals surface area contributed by atoms with Crippen LogP contribution in [-0.2, 0) is 4.79 Å². The smallest absolute Gasteiger partial charge is 0.243 e. The Morgan fingerprint density at radius 3 is 2.12 bits per heavy atom. The Hall–Kier alpha value is -2.36. The summed E-state index contributed by atoms with van der Waals surface area (Å²) < 4.78 is 13.5. The molecule has 0 atom stereocenters. The summed E-state index contributed by atoms with van der Waals surface area (Å²) >= 11 is 0. The fourth-order valence-corrected chi connectivity index (χ4v) is 3.11. The van der Waals surface area contributed by atoms with Crippen molar-refractivity contribution in [1.29, 1.82) is 0 Å². The Kier molecular flexibility index (Phi) is 6.78. The quantitative estimate of drug-likeness (QED) is 0.706. The lowest BCUT2D eigenvalue weighted by molar-refractivity contribution is -0.115. The Morgan fingerprint density at radius 1 is 1.04 bits per heavy atom. The number of rotatable bonds is 7. The Morgan fingerprint density at radius 2 is 1.62 bits per heavy atom. The number of hydrogen-bond acceptors (Lipinski definition) is 2. The van der Waals surface area contributed by atoms with Crippen molar-refractivity contribution >= 4 is 17.3 Å². The minimum Gasteiger partial charge on any atom is -0.362 e. The molecule has 2 aromatic rings. The molecule has 4 heteroatoms. The first-order valence-electron chi connectivity index (χ1n) is 9.26. The predicted molar refractivity (Wildman–Crippen MR) is 108 cm³/mol. The van der Waals surface area contributed by atoms with Gasteiger partial charge in [-0.25, -0.2) is 4.39 Å². The number of hydrogen-bond donors (Lipinski definition) is 1. The molecule has 2 rings (SSSR count). The molecule has 0 saturated carbocycles. The molecule has 0 aromatic heterocycles. The fourth-order valence-electron chi connectivity index (χ4n) is 3.11. The first-order valence-corrected chi connectivity index (χ1v) is 9.26. The van der Waals surface area contributed by atoms with Crippen LogP contribution in [0.2, 0.25) is 0 Å². The van der Waals surface area contributed by atoms with E-state index >= 15 is 0 Å². The van der Waals surface area contributed by atoms with Crippen LogP contribution in [-0.4, -0.2) is 19.0 Å². The van der Waals surface area contributed by atoms with Gasteiger partial charge in [0.15, 0.2) is 0 Å². The maximum absolute atomic E-state index is 13.5. The van der Waals surface area contributed by atoms with E-state index in [0.717, 1.165) is 16.8 Å². The van der Waals surface area contributed by atoms with Crippen molar-refractivity contribution in [1.82, 2.24) is 0 Å². The third kappa shape index (κ3) is 4.84. The van der Waals surface area contributed by atoms with E-state index < -0.39 is 0 Å². The van der Waals surface area contributed by atoms with Crippen LogP contribution >= 0.6 is 0 Å². The van der Waals surface area contributed by atoms with Crippen molar-refractivity contribution in [3.8, 4) is 0 Å². The highest BCUT2D eigenvalue weighted by molar-refractivity contribution is 5.95. The van der Waals surface area contributed by atoms with Gasteiger partial charge in [0.05, 0.1) is 6.54 Å². The lowest BCUT2D eigenvalue weighted by Crippen LogP contribution is -2.33.